The van der Waals surface area contributed by atoms with E-state index in [-0.39, 0.29) is 5.41 Å². The van der Waals surface area contributed by atoms with Crippen LogP contribution in [0.2, 0.25) is 0 Å². The van der Waals surface area contributed by atoms with Gasteiger partial charge in [0.2, 0.25) is 5.95 Å². The van der Waals surface area contributed by atoms with Crippen molar-refractivity contribution in [3.8, 4) is 0 Å². The van der Waals surface area contributed by atoms with Gasteiger partial charge in [0.25, 0.3) is 0 Å². The molecule has 0 fully saturated rings. The van der Waals surface area contributed by atoms with E-state index in [0.29, 0.717) is 0 Å². The zero-order valence-electron chi connectivity index (χ0n) is 13.7. The lowest BCUT2D eigenvalue weighted by Gasteiger charge is -2.26. The molecular weight excluding hydrogens is 260 g/mol. The topological polar surface area (TPSA) is 33.1 Å². The van der Waals surface area contributed by atoms with E-state index in [1.54, 1.807) is 0 Å². The molecule has 1 aromatic heterocycles. The van der Waals surface area contributed by atoms with Crippen LogP contribution in [-0.4, -0.2) is 30.2 Å². The highest BCUT2D eigenvalue weighted by molar-refractivity contribution is 5.31. The van der Waals surface area contributed by atoms with Crippen molar-refractivity contribution in [1.29, 1.82) is 0 Å². The average molecular weight is 286 g/mol. The average Bonchev–Trinajstić information content (AvgIpc) is 2.81. The molecule has 2 aromatic rings. The molecule has 114 valence electrons. The second kappa shape index (κ2) is 6.31. The van der Waals surface area contributed by atoms with Crippen molar-refractivity contribution in [1.82, 2.24) is 14.9 Å². The summed E-state index contributed by atoms with van der Waals surface area (Å²) in [7, 11) is 6.08. The second-order valence-corrected chi connectivity index (χ2v) is 6.36. The molecule has 0 saturated heterocycles. The second-order valence-electron chi connectivity index (χ2n) is 6.36. The van der Waals surface area contributed by atoms with Gasteiger partial charge in [0.15, 0.2) is 0 Å². The molecule has 0 unspecified atom stereocenters. The number of imidazole rings is 1. The van der Waals surface area contributed by atoms with Gasteiger partial charge in [-0.2, -0.15) is 0 Å². The third kappa shape index (κ3) is 3.64. The number of rotatable bonds is 6. The van der Waals surface area contributed by atoms with Crippen LogP contribution < -0.4 is 10.2 Å². The Balaban J connectivity index is 1.95. The first-order valence-corrected chi connectivity index (χ1v) is 7.36. The molecule has 0 radical (unpaired) electrons. The summed E-state index contributed by atoms with van der Waals surface area (Å²) in [6.45, 7) is 6.29. The van der Waals surface area contributed by atoms with Crippen LogP contribution in [0.25, 0.3) is 0 Å². The van der Waals surface area contributed by atoms with Gasteiger partial charge in [-0.05, 0) is 5.56 Å². The van der Waals surface area contributed by atoms with Gasteiger partial charge < -0.3 is 14.8 Å². The van der Waals surface area contributed by atoms with Gasteiger partial charge >= 0.3 is 0 Å². The van der Waals surface area contributed by atoms with Crippen molar-refractivity contribution in [2.24, 2.45) is 7.05 Å². The molecule has 4 heteroatoms. The highest BCUT2D eigenvalue weighted by atomic mass is 15.3. The third-order valence-corrected chi connectivity index (χ3v) is 3.89. The van der Waals surface area contributed by atoms with Crippen molar-refractivity contribution in [2.45, 2.75) is 25.8 Å². The van der Waals surface area contributed by atoms with Gasteiger partial charge in [-0.15, -0.1) is 0 Å². The predicted molar refractivity (Wildman–Crippen MR) is 88.7 cm³/mol. The van der Waals surface area contributed by atoms with E-state index in [9.17, 15) is 0 Å². The van der Waals surface area contributed by atoms with E-state index in [4.69, 9.17) is 0 Å². The molecular formula is C17H26N4. The Morgan fingerprint density at radius 2 is 1.86 bits per heavy atom. The zero-order chi connectivity index (χ0) is 15.5. The van der Waals surface area contributed by atoms with E-state index < -0.39 is 0 Å². The fourth-order valence-electron chi connectivity index (χ4n) is 2.51. The minimum absolute atomic E-state index is 0.115. The number of hydrogen-bond donors (Lipinski definition) is 1. The normalized spacial score (nSPS) is 11.7. The quantitative estimate of drug-likeness (QED) is 0.886. The standard InChI is InChI=1S/C17H26N4/c1-17(2,14-9-7-6-8-10-14)13-18-11-15-12-19-16(20(3)4)21(15)5/h6-10,12,18H,11,13H2,1-5H3. The molecule has 0 saturated carbocycles. The lowest BCUT2D eigenvalue weighted by atomic mass is 9.84. The maximum atomic E-state index is 4.44. The summed E-state index contributed by atoms with van der Waals surface area (Å²) in [5.74, 6) is 0.981. The Hall–Kier alpha value is -1.81. The molecule has 0 bridgehead atoms. The molecule has 0 atom stereocenters. The molecule has 1 aromatic carbocycles. The van der Waals surface area contributed by atoms with Crippen molar-refractivity contribution >= 4 is 5.95 Å². The predicted octanol–water partition coefficient (Wildman–Crippen LogP) is 2.55. The van der Waals surface area contributed by atoms with Crippen LogP contribution in [0, 0.1) is 0 Å². The Morgan fingerprint density at radius 1 is 1.19 bits per heavy atom. The van der Waals surface area contributed by atoms with Gasteiger partial charge in [-0.25, -0.2) is 4.98 Å². The van der Waals surface area contributed by atoms with E-state index in [2.05, 4.69) is 66.1 Å². The molecule has 0 aliphatic carbocycles. The number of nitrogens with zero attached hydrogens (tertiary/aromatic N) is 3. The van der Waals surface area contributed by atoms with Crippen molar-refractivity contribution in [3.05, 3.63) is 47.8 Å². The molecule has 1 heterocycles. The fourth-order valence-corrected chi connectivity index (χ4v) is 2.51. The van der Waals surface area contributed by atoms with E-state index in [1.807, 2.05) is 25.2 Å². The zero-order valence-corrected chi connectivity index (χ0v) is 13.7. The van der Waals surface area contributed by atoms with Crippen LogP contribution >= 0.6 is 0 Å². The summed E-state index contributed by atoms with van der Waals surface area (Å²) in [5.41, 5.74) is 2.67. The summed E-state index contributed by atoms with van der Waals surface area (Å²) in [6, 6.07) is 10.6. The van der Waals surface area contributed by atoms with Crippen LogP contribution in [0.5, 0.6) is 0 Å². The lowest BCUT2D eigenvalue weighted by Crippen LogP contribution is -2.33. The summed E-state index contributed by atoms with van der Waals surface area (Å²) in [5, 5.41) is 3.55. The minimum atomic E-state index is 0.115. The largest absolute Gasteiger partial charge is 0.348 e. The van der Waals surface area contributed by atoms with Crippen LogP contribution in [0.15, 0.2) is 36.5 Å². The van der Waals surface area contributed by atoms with Gasteiger partial charge in [0, 0.05) is 39.6 Å². The fraction of sp³-hybridized carbons (Fsp3) is 0.471. The molecule has 0 aliphatic rings. The van der Waals surface area contributed by atoms with Crippen LogP contribution in [-0.2, 0) is 19.0 Å². The molecule has 2 rings (SSSR count). The number of aromatic nitrogens is 2. The third-order valence-electron chi connectivity index (χ3n) is 3.89. The maximum absolute atomic E-state index is 4.44. The smallest absolute Gasteiger partial charge is 0.204 e. The SMILES string of the molecule is CN(C)c1ncc(CNCC(C)(C)c2ccccc2)n1C. The number of hydrogen-bond acceptors (Lipinski definition) is 3. The van der Waals surface area contributed by atoms with Crippen LogP contribution in [0.1, 0.15) is 25.1 Å². The Bertz CT molecular complexity index is 570. The first kappa shape index (κ1) is 15.6. The first-order valence-electron chi connectivity index (χ1n) is 7.36. The molecule has 21 heavy (non-hydrogen) atoms. The summed E-state index contributed by atoms with van der Waals surface area (Å²) in [6.07, 6.45) is 1.94. The Morgan fingerprint density at radius 3 is 2.43 bits per heavy atom. The van der Waals surface area contributed by atoms with Crippen LogP contribution in [0.4, 0.5) is 5.95 Å². The van der Waals surface area contributed by atoms with Crippen molar-refractivity contribution in [3.63, 3.8) is 0 Å². The number of nitrogens with one attached hydrogen (secondary N) is 1. The highest BCUT2D eigenvalue weighted by Crippen LogP contribution is 2.22. The van der Waals surface area contributed by atoms with Gasteiger partial charge in [-0.3, -0.25) is 0 Å². The Labute approximate surface area is 127 Å². The molecule has 0 spiro atoms. The monoisotopic (exact) mass is 286 g/mol. The highest BCUT2D eigenvalue weighted by Gasteiger charge is 2.19. The summed E-state index contributed by atoms with van der Waals surface area (Å²) >= 11 is 0. The van der Waals surface area contributed by atoms with Gasteiger partial charge in [-0.1, -0.05) is 44.2 Å². The van der Waals surface area contributed by atoms with Gasteiger partial charge in [0.1, 0.15) is 0 Å². The number of anilines is 1. The van der Waals surface area contributed by atoms with Crippen LogP contribution in [0.3, 0.4) is 0 Å². The van der Waals surface area contributed by atoms with E-state index >= 15 is 0 Å². The van der Waals surface area contributed by atoms with E-state index in [0.717, 1.165) is 19.0 Å². The van der Waals surface area contributed by atoms with Crippen molar-refractivity contribution in [2.75, 3.05) is 25.5 Å². The molecule has 0 aliphatic heterocycles. The molecule has 4 nitrogen and oxygen atoms in total. The number of benzene rings is 1. The summed E-state index contributed by atoms with van der Waals surface area (Å²) in [4.78, 5) is 6.46. The minimum Gasteiger partial charge on any atom is -0.348 e. The molecule has 0 amide bonds. The maximum Gasteiger partial charge on any atom is 0.204 e. The Kier molecular flexibility index (Phi) is 4.68. The van der Waals surface area contributed by atoms with Crippen molar-refractivity contribution < 1.29 is 0 Å². The van der Waals surface area contributed by atoms with Gasteiger partial charge in [0.05, 0.1) is 11.9 Å². The first-order chi connectivity index (χ1) is 9.92. The molecule has 1 N–H and O–H groups in total. The van der Waals surface area contributed by atoms with E-state index in [1.165, 1.54) is 11.3 Å². The summed E-state index contributed by atoms with van der Waals surface area (Å²) < 4.78 is 2.13. The lowest BCUT2D eigenvalue weighted by molar-refractivity contribution is 0.464.